The van der Waals surface area contributed by atoms with Crippen LogP contribution < -0.4 is 67.4 Å². The van der Waals surface area contributed by atoms with Crippen LogP contribution in [-0.4, -0.2) is 130 Å². The van der Waals surface area contributed by atoms with Crippen molar-refractivity contribution < 1.29 is 82.9 Å². The average molecular weight is 1450 g/mol. The molecular formula is C73H86Cl2N10O17. The standard InChI is InChI=1S/C73H86Cl2N10O17/c1-6-7-8-9-10-11-18-77-73(99)79-55(89)32-48-67(93)81-59-41-28-53(101-51-16-13-37(26-45(51)74)63(90)61(71(97)78-48)84-66(92)47(76-4)19-33(2)3)65(100-5)54(29-41)102-52-17-14-38(27-46(52)75)64(91)62-72(98)83-60(70(96)80-57-39-21-34-20-35(23-39)24-40(57)22-34)44-30-42(86)31-50(88)56(44)43-25-36(12-15-49(43)87)58(68(94)85-62)82-69(59)95/h12-17,25-31,33-35,39-40,47-48,57-64,76,86-88,90-91H,6-11,18-24,32H2,1-5H3,(H,78,97)(H,80,96)(H,81,93)(H,82,95)(H,83,98)(H,84,92)(H,85,94)(H2,77,79,89,99)/t34?,35?,39?,40?,47-,48+,57?,58-,59-,60+,61-,62+,63-,64-/m1/s1. The van der Waals surface area contributed by atoms with Crippen LogP contribution in [0.4, 0.5) is 4.79 Å². The van der Waals surface area contributed by atoms with E-state index < -0.39 is 131 Å². The van der Waals surface area contributed by atoms with Gasteiger partial charge in [-0.15, -0.1) is 0 Å². The summed E-state index contributed by atoms with van der Waals surface area (Å²) in [6, 6.07) is 1.38. The Morgan fingerprint density at radius 1 is 0.627 bits per heavy atom. The number of carbonyl (C=O) groups is 9. The summed E-state index contributed by atoms with van der Waals surface area (Å²) in [4.78, 5) is 135. The zero-order chi connectivity index (χ0) is 73.0. The van der Waals surface area contributed by atoms with Gasteiger partial charge in [-0.1, -0.05) is 94.3 Å². The Labute approximate surface area is 598 Å². The molecule has 29 heteroatoms. The van der Waals surface area contributed by atoms with E-state index in [2.05, 4.69) is 60.1 Å². The minimum atomic E-state index is -2.15. The normalized spacial score (nSPS) is 25.4. The number of halogens is 2. The maximum Gasteiger partial charge on any atom is 0.321 e. The molecule has 5 heterocycles. The summed E-state index contributed by atoms with van der Waals surface area (Å²) in [6.45, 7) is 5.98. The Morgan fingerprint density at radius 3 is 1.84 bits per heavy atom. The number of carbonyl (C=O) groups excluding carboxylic acids is 9. The minimum Gasteiger partial charge on any atom is -0.508 e. The van der Waals surface area contributed by atoms with Gasteiger partial charge in [-0.25, -0.2) is 4.79 Å². The molecule has 9 atom stereocenters. The van der Waals surface area contributed by atoms with Crippen LogP contribution in [0.3, 0.4) is 0 Å². The number of nitrogens with one attached hydrogen (secondary N) is 10. The third kappa shape index (κ3) is 16.4. The number of ether oxygens (including phenoxy) is 3. The van der Waals surface area contributed by atoms with E-state index in [4.69, 9.17) is 37.4 Å². The lowest BCUT2D eigenvalue weighted by Crippen LogP contribution is -2.59. The number of unbranched alkanes of at least 4 members (excludes halogenated alkanes) is 5. The number of likely N-dealkylation sites (N-methyl/N-ethyl adjacent to an activating group) is 1. The van der Waals surface area contributed by atoms with Crippen LogP contribution in [0.1, 0.15) is 162 Å². The summed E-state index contributed by atoms with van der Waals surface area (Å²) >= 11 is 14.0. The fourth-order valence-electron chi connectivity index (χ4n) is 15.3. The molecule has 10 amide bonds. The van der Waals surface area contributed by atoms with E-state index in [9.17, 15) is 39.9 Å². The highest BCUT2D eigenvalue weighted by Crippen LogP contribution is 2.54. The Balaban J connectivity index is 1.06. The van der Waals surface area contributed by atoms with Gasteiger partial charge in [-0.05, 0) is 164 Å². The van der Waals surface area contributed by atoms with Gasteiger partial charge in [0.15, 0.2) is 11.5 Å². The van der Waals surface area contributed by atoms with E-state index in [1.165, 1.54) is 74.8 Å². The molecule has 0 aromatic heterocycles. The monoisotopic (exact) mass is 1440 g/mol. The van der Waals surface area contributed by atoms with Crippen LogP contribution in [0, 0.1) is 29.6 Å². The zero-order valence-corrected chi connectivity index (χ0v) is 58.5. The molecule has 102 heavy (non-hydrogen) atoms. The topological polar surface area (TPSA) is 403 Å². The van der Waals surface area contributed by atoms with Crippen molar-refractivity contribution in [1.29, 1.82) is 0 Å². The second kappa shape index (κ2) is 31.9. The summed E-state index contributed by atoms with van der Waals surface area (Å²) in [5.74, 6) is -10.7. The number of rotatable bonds is 17. The van der Waals surface area contributed by atoms with E-state index in [0.717, 1.165) is 82.4 Å². The molecule has 4 aliphatic carbocycles. The molecular weight excluding hydrogens is 1360 g/mol. The largest absolute Gasteiger partial charge is 0.508 e. The summed E-state index contributed by atoms with van der Waals surface area (Å²) < 4.78 is 18.9. The fourth-order valence-corrected chi connectivity index (χ4v) is 15.7. The molecule has 9 aliphatic rings. The van der Waals surface area contributed by atoms with Gasteiger partial charge in [0.2, 0.25) is 53.0 Å². The van der Waals surface area contributed by atoms with Crippen LogP contribution in [0.25, 0.3) is 11.1 Å². The zero-order valence-electron chi connectivity index (χ0n) is 57.0. The second-order valence-corrected chi connectivity index (χ2v) is 28.6. The Bertz CT molecular complexity index is 4050. The first-order valence-corrected chi connectivity index (χ1v) is 35.3. The Morgan fingerprint density at radius 2 is 1.23 bits per heavy atom. The van der Waals surface area contributed by atoms with Gasteiger partial charge < -0.3 is 87.6 Å². The highest BCUT2D eigenvalue weighted by Gasteiger charge is 2.50. The van der Waals surface area contributed by atoms with Gasteiger partial charge in [0.05, 0.1) is 29.6 Å². The molecule has 0 spiro atoms. The maximum atomic E-state index is 16.0. The van der Waals surface area contributed by atoms with Gasteiger partial charge in [0.1, 0.15) is 77.2 Å². The third-order valence-electron chi connectivity index (χ3n) is 20.1. The molecule has 4 saturated carbocycles. The molecule has 15 N–H and O–H groups in total. The molecule has 14 rings (SSSR count). The molecule has 15 bridgehead atoms. The molecule has 27 nitrogen and oxygen atoms in total. The van der Waals surface area contributed by atoms with Crippen LogP contribution in [-0.2, 0) is 38.4 Å². The van der Waals surface area contributed by atoms with Gasteiger partial charge in [-0.2, -0.15) is 0 Å². The minimum absolute atomic E-state index is 0.0498. The van der Waals surface area contributed by atoms with E-state index in [-0.39, 0.29) is 114 Å². The first-order chi connectivity index (χ1) is 48.8. The smallest absolute Gasteiger partial charge is 0.321 e. The number of amides is 10. The quantitative estimate of drug-likeness (QED) is 0.0407. The van der Waals surface area contributed by atoms with Crippen molar-refractivity contribution in [2.75, 3.05) is 20.7 Å². The van der Waals surface area contributed by atoms with E-state index in [0.29, 0.717) is 18.3 Å². The molecule has 0 saturated heterocycles. The first-order valence-electron chi connectivity index (χ1n) is 34.6. The lowest BCUT2D eigenvalue weighted by molar-refractivity contribution is -0.138. The van der Waals surface area contributed by atoms with Crippen LogP contribution in [0.5, 0.6) is 46.0 Å². The Kier molecular flexibility index (Phi) is 23.1. The predicted octanol–water partition coefficient (Wildman–Crippen LogP) is 7.26. The molecule has 5 aromatic rings. The van der Waals surface area contributed by atoms with Gasteiger partial charge in [0.25, 0.3) is 0 Å². The SMILES string of the molecule is CCCCCCCCNC(=O)NC(=O)C[C@@H]1NC(=O)[C@H](NC(=O)[C@@H](CC(C)C)NC)[C@H](O)c2ccc(c(Cl)c2)Oc2cc3cc(c2OC)Oc2ccc(cc2Cl)[C@@H](O)[C@@H]2NC(=O)[C@H](NC(=O)[C@@H]3NC1=O)c1ccc(O)c(c1)-c1c(O)cc(O)cc1[C@@H](C(=O)NC1C3CC4CC(C3)CC1C4)NC2=O. The molecule has 544 valence electrons. The average Bonchev–Trinajstić information content (AvgIpc) is 0.803. The number of aliphatic hydroxyl groups excluding tert-OH is 2. The van der Waals surface area contributed by atoms with Crippen molar-refractivity contribution in [2.45, 2.75) is 165 Å². The molecule has 0 unspecified atom stereocenters. The predicted molar refractivity (Wildman–Crippen MR) is 372 cm³/mol. The molecule has 0 radical (unpaired) electrons. The number of phenols is 3. The Hall–Kier alpha value is -9.41. The highest BCUT2D eigenvalue weighted by atomic mass is 35.5. The fraction of sp³-hybridized carbons (Fsp3) is 0.466. The first kappa shape index (κ1) is 73.8. The van der Waals surface area contributed by atoms with Crippen molar-refractivity contribution >= 4 is 76.5 Å². The van der Waals surface area contributed by atoms with Crippen molar-refractivity contribution in [3.63, 3.8) is 0 Å². The van der Waals surface area contributed by atoms with Gasteiger partial charge in [-0.3, -0.25) is 43.7 Å². The third-order valence-corrected chi connectivity index (χ3v) is 20.7. The number of imide groups is 1. The summed E-state index contributed by atoms with van der Waals surface area (Å²) in [6.07, 6.45) is 5.19. The number of fused-ring (bicyclic) bond motifs is 15. The van der Waals surface area contributed by atoms with Crippen LogP contribution >= 0.6 is 23.2 Å². The lowest BCUT2D eigenvalue weighted by atomic mass is 9.54. The van der Waals surface area contributed by atoms with Crippen LogP contribution in [0.15, 0.2) is 78.9 Å². The van der Waals surface area contributed by atoms with Crippen molar-refractivity contribution in [3.05, 3.63) is 117 Å². The van der Waals surface area contributed by atoms with Crippen molar-refractivity contribution in [2.24, 2.45) is 29.6 Å². The van der Waals surface area contributed by atoms with Crippen molar-refractivity contribution in [1.82, 2.24) is 53.2 Å². The summed E-state index contributed by atoms with van der Waals surface area (Å²) in [5, 5.41) is 86.1. The van der Waals surface area contributed by atoms with E-state index in [1.807, 2.05) is 13.8 Å². The number of phenolic OH excluding ortho intramolecular Hbond substituents is 3. The number of hydrogen-bond donors (Lipinski definition) is 15. The number of benzene rings is 5. The number of aliphatic hydroxyl groups is 2. The molecule has 5 aliphatic heterocycles. The van der Waals surface area contributed by atoms with Gasteiger partial charge in [0, 0.05) is 29.8 Å². The lowest BCUT2D eigenvalue weighted by Gasteiger charge is -2.54. The van der Waals surface area contributed by atoms with E-state index >= 15 is 28.8 Å². The summed E-state index contributed by atoms with van der Waals surface area (Å²) in [7, 11) is 2.77. The molecule has 4 fully saturated rings. The number of hydrogen-bond acceptors (Lipinski definition) is 18. The summed E-state index contributed by atoms with van der Waals surface area (Å²) in [5.41, 5.74) is -1.43. The number of urea groups is 1. The van der Waals surface area contributed by atoms with Crippen LogP contribution in [0.2, 0.25) is 10.0 Å². The maximum absolute atomic E-state index is 16.0. The second-order valence-electron chi connectivity index (χ2n) is 27.8. The number of methoxy groups -OCH3 is 1. The number of aromatic hydroxyl groups is 3. The van der Waals surface area contributed by atoms with E-state index in [1.54, 1.807) is 0 Å². The van der Waals surface area contributed by atoms with Gasteiger partial charge >= 0.3 is 6.03 Å². The highest BCUT2D eigenvalue weighted by molar-refractivity contribution is 6.32. The molecule has 5 aromatic carbocycles. The van der Waals surface area contributed by atoms with Crippen molar-refractivity contribution in [3.8, 4) is 57.1 Å².